The van der Waals surface area contributed by atoms with Crippen molar-refractivity contribution in [2.75, 3.05) is 11.9 Å². The van der Waals surface area contributed by atoms with Crippen LogP contribution in [0.25, 0.3) is 0 Å². The lowest BCUT2D eigenvalue weighted by Gasteiger charge is -2.01. The highest BCUT2D eigenvalue weighted by molar-refractivity contribution is 5.44. The molecule has 0 amide bonds. The Kier molecular flexibility index (Phi) is 2.65. The van der Waals surface area contributed by atoms with E-state index in [1.54, 1.807) is 0 Å². The fourth-order valence-electron chi connectivity index (χ4n) is 0.759. The first-order valence-corrected chi connectivity index (χ1v) is 3.36. The lowest BCUT2D eigenvalue weighted by molar-refractivity contribution is 0.509. The van der Waals surface area contributed by atoms with Gasteiger partial charge in [0.25, 0.3) is 0 Å². The second-order valence-corrected chi connectivity index (χ2v) is 2.19. The van der Waals surface area contributed by atoms with E-state index in [4.69, 9.17) is 6.42 Å². The van der Waals surface area contributed by atoms with E-state index in [-0.39, 0.29) is 0 Å². The van der Waals surface area contributed by atoms with E-state index in [1.165, 1.54) is 6.07 Å². The van der Waals surface area contributed by atoms with Crippen LogP contribution >= 0.6 is 0 Å². The van der Waals surface area contributed by atoms with E-state index >= 15 is 0 Å². The molecule has 1 aromatic rings. The average Bonchev–Trinajstić information content (AvgIpc) is 2.07. The maximum absolute atomic E-state index is 12.5. The zero-order valence-electron chi connectivity index (χ0n) is 6.27. The minimum atomic E-state index is -0.878. The highest BCUT2D eigenvalue weighted by Crippen LogP contribution is 2.12. The molecule has 0 unspecified atom stereocenters. The molecular weight excluding hydrogens is 160 g/mol. The molecule has 1 nitrogen and oxygen atoms in total. The maximum atomic E-state index is 12.5. The number of terminal acetylenes is 1. The van der Waals surface area contributed by atoms with Gasteiger partial charge in [-0.15, -0.1) is 6.42 Å². The predicted octanol–water partition coefficient (Wildman–Crippen LogP) is 2.01. The largest absolute Gasteiger partial charge is 0.374 e. The maximum Gasteiger partial charge on any atom is 0.160 e. The van der Waals surface area contributed by atoms with Gasteiger partial charge in [-0.3, -0.25) is 0 Å². The third kappa shape index (κ3) is 1.96. The molecule has 12 heavy (non-hydrogen) atoms. The van der Waals surface area contributed by atoms with E-state index in [1.807, 2.05) is 0 Å². The van der Waals surface area contributed by atoms with E-state index in [2.05, 4.69) is 11.2 Å². The van der Waals surface area contributed by atoms with Crippen molar-refractivity contribution in [3.05, 3.63) is 29.8 Å². The molecule has 0 aliphatic carbocycles. The molecule has 62 valence electrons. The van der Waals surface area contributed by atoms with Gasteiger partial charge >= 0.3 is 0 Å². The summed E-state index contributed by atoms with van der Waals surface area (Å²) in [6.07, 6.45) is 4.96. The van der Waals surface area contributed by atoms with Crippen molar-refractivity contribution in [1.82, 2.24) is 0 Å². The van der Waals surface area contributed by atoms with Gasteiger partial charge in [0.05, 0.1) is 6.54 Å². The Morgan fingerprint density at radius 2 is 2.08 bits per heavy atom. The fourth-order valence-corrected chi connectivity index (χ4v) is 0.759. The van der Waals surface area contributed by atoms with Crippen LogP contribution < -0.4 is 5.32 Å². The quantitative estimate of drug-likeness (QED) is 0.664. The van der Waals surface area contributed by atoms with Crippen molar-refractivity contribution in [2.24, 2.45) is 0 Å². The van der Waals surface area contributed by atoms with E-state index in [0.29, 0.717) is 12.2 Å². The summed E-state index contributed by atoms with van der Waals surface area (Å²) in [5.41, 5.74) is 0.479. The fraction of sp³-hybridized carbons (Fsp3) is 0.111. The molecule has 1 aromatic carbocycles. The Balaban J connectivity index is 2.77. The van der Waals surface area contributed by atoms with Crippen LogP contribution in [0.1, 0.15) is 0 Å². The second-order valence-electron chi connectivity index (χ2n) is 2.19. The smallest absolute Gasteiger partial charge is 0.160 e. The highest BCUT2D eigenvalue weighted by Gasteiger charge is 2.00. The zero-order valence-corrected chi connectivity index (χ0v) is 6.27. The minimum absolute atomic E-state index is 0.297. The van der Waals surface area contributed by atoms with Crippen molar-refractivity contribution < 1.29 is 8.78 Å². The number of benzene rings is 1. The normalized spacial score (nSPS) is 9.08. The van der Waals surface area contributed by atoms with Gasteiger partial charge in [0.15, 0.2) is 11.6 Å². The Labute approximate surface area is 69.4 Å². The van der Waals surface area contributed by atoms with E-state index < -0.39 is 11.6 Å². The SMILES string of the molecule is C#CCNc1ccc(F)c(F)c1. The van der Waals surface area contributed by atoms with Crippen molar-refractivity contribution in [2.45, 2.75) is 0 Å². The Bertz CT molecular complexity index is 315. The predicted molar refractivity (Wildman–Crippen MR) is 43.7 cm³/mol. The number of rotatable bonds is 2. The van der Waals surface area contributed by atoms with Crippen LogP contribution in [-0.2, 0) is 0 Å². The van der Waals surface area contributed by atoms with E-state index in [0.717, 1.165) is 12.1 Å². The van der Waals surface area contributed by atoms with Gasteiger partial charge in [-0.2, -0.15) is 0 Å². The van der Waals surface area contributed by atoms with Crippen LogP contribution in [0.4, 0.5) is 14.5 Å². The monoisotopic (exact) mass is 167 g/mol. The molecule has 0 atom stereocenters. The molecule has 0 spiro atoms. The molecule has 3 heteroatoms. The van der Waals surface area contributed by atoms with Gasteiger partial charge in [-0.25, -0.2) is 8.78 Å². The summed E-state index contributed by atoms with van der Waals surface area (Å²) in [6.45, 7) is 0.297. The van der Waals surface area contributed by atoms with Gasteiger partial charge in [0.2, 0.25) is 0 Å². The van der Waals surface area contributed by atoms with Crippen LogP contribution in [0.5, 0.6) is 0 Å². The topological polar surface area (TPSA) is 12.0 Å². The summed E-state index contributed by atoms with van der Waals surface area (Å²) in [6, 6.07) is 3.54. The van der Waals surface area contributed by atoms with Gasteiger partial charge in [-0.05, 0) is 12.1 Å². The molecule has 1 N–H and O–H groups in total. The van der Waals surface area contributed by atoms with Gasteiger partial charge in [0, 0.05) is 11.8 Å². The van der Waals surface area contributed by atoms with Gasteiger partial charge in [-0.1, -0.05) is 5.92 Å². The number of anilines is 1. The standard InChI is InChI=1S/C9H7F2N/c1-2-5-12-7-3-4-8(10)9(11)6-7/h1,3-4,6,12H,5H2. The minimum Gasteiger partial charge on any atom is -0.374 e. The molecule has 0 saturated heterocycles. The first kappa shape index (κ1) is 8.54. The number of hydrogen-bond acceptors (Lipinski definition) is 1. The third-order valence-corrected chi connectivity index (χ3v) is 1.31. The van der Waals surface area contributed by atoms with Crippen LogP contribution in [-0.4, -0.2) is 6.54 Å². The summed E-state index contributed by atoms with van der Waals surface area (Å²) < 4.78 is 24.9. The van der Waals surface area contributed by atoms with Crippen LogP contribution in [0.2, 0.25) is 0 Å². The molecule has 0 heterocycles. The molecule has 0 aromatic heterocycles. The molecule has 1 rings (SSSR count). The molecule has 0 aliphatic heterocycles. The third-order valence-electron chi connectivity index (χ3n) is 1.31. The Morgan fingerprint density at radius 3 is 2.67 bits per heavy atom. The second kappa shape index (κ2) is 3.72. The van der Waals surface area contributed by atoms with Crippen molar-refractivity contribution >= 4 is 5.69 Å². The molecule has 0 saturated carbocycles. The summed E-state index contributed by atoms with van der Waals surface area (Å²) in [5, 5.41) is 2.72. The Hall–Kier alpha value is -1.56. The van der Waals surface area contributed by atoms with E-state index in [9.17, 15) is 8.78 Å². The molecule has 0 fully saturated rings. The number of nitrogens with one attached hydrogen (secondary N) is 1. The van der Waals surface area contributed by atoms with Crippen LogP contribution in [0, 0.1) is 24.0 Å². The summed E-state index contributed by atoms with van der Waals surface area (Å²) in [7, 11) is 0. The summed E-state index contributed by atoms with van der Waals surface area (Å²) in [5.74, 6) is 0.585. The molecule has 0 bridgehead atoms. The van der Waals surface area contributed by atoms with Crippen LogP contribution in [0.15, 0.2) is 18.2 Å². The Morgan fingerprint density at radius 1 is 1.33 bits per heavy atom. The summed E-state index contributed by atoms with van der Waals surface area (Å²) in [4.78, 5) is 0. The zero-order chi connectivity index (χ0) is 8.97. The van der Waals surface area contributed by atoms with Gasteiger partial charge in [0.1, 0.15) is 0 Å². The molecule has 0 radical (unpaired) electrons. The highest BCUT2D eigenvalue weighted by atomic mass is 19.2. The number of halogens is 2. The molecule has 0 aliphatic rings. The van der Waals surface area contributed by atoms with Gasteiger partial charge < -0.3 is 5.32 Å². The lowest BCUT2D eigenvalue weighted by Crippen LogP contribution is -1.98. The van der Waals surface area contributed by atoms with Crippen molar-refractivity contribution in [3.63, 3.8) is 0 Å². The van der Waals surface area contributed by atoms with Crippen LogP contribution in [0.3, 0.4) is 0 Å². The first-order valence-electron chi connectivity index (χ1n) is 3.36. The van der Waals surface area contributed by atoms with Crippen molar-refractivity contribution in [1.29, 1.82) is 0 Å². The summed E-state index contributed by atoms with van der Waals surface area (Å²) >= 11 is 0. The van der Waals surface area contributed by atoms with Crippen molar-refractivity contribution in [3.8, 4) is 12.3 Å². The first-order chi connectivity index (χ1) is 5.74. The average molecular weight is 167 g/mol. The molecular formula is C9H7F2N. The lowest BCUT2D eigenvalue weighted by atomic mass is 10.3. The number of hydrogen-bond donors (Lipinski definition) is 1.